The SMILES string of the molecule is CCS(=O)(=O)N1CCc2cc(C(=O)COC(=O)[C@@H]3C[C@H]3C)ccc21. The maximum Gasteiger partial charge on any atom is 0.309 e. The third-order valence-electron chi connectivity index (χ3n) is 4.71. The number of hydrogen-bond donors (Lipinski definition) is 0. The Labute approximate surface area is 141 Å². The van der Waals surface area contributed by atoms with Crippen molar-refractivity contribution in [3.8, 4) is 0 Å². The molecule has 0 N–H and O–H groups in total. The van der Waals surface area contributed by atoms with Crippen molar-refractivity contribution in [3.63, 3.8) is 0 Å². The van der Waals surface area contributed by atoms with Gasteiger partial charge in [-0.15, -0.1) is 0 Å². The van der Waals surface area contributed by atoms with Crippen LogP contribution in [0.25, 0.3) is 0 Å². The number of sulfonamides is 1. The quantitative estimate of drug-likeness (QED) is 0.576. The van der Waals surface area contributed by atoms with Gasteiger partial charge in [0.05, 0.1) is 17.4 Å². The number of benzene rings is 1. The molecule has 0 spiro atoms. The van der Waals surface area contributed by atoms with Crippen LogP contribution in [0.3, 0.4) is 0 Å². The molecule has 1 heterocycles. The fraction of sp³-hybridized carbons (Fsp3) is 0.529. The molecule has 0 unspecified atom stereocenters. The Hall–Kier alpha value is -1.89. The molecule has 0 bridgehead atoms. The van der Waals surface area contributed by atoms with E-state index in [1.165, 1.54) is 4.31 Å². The number of ether oxygens (including phenoxy) is 1. The van der Waals surface area contributed by atoms with Crippen LogP contribution in [0.4, 0.5) is 5.69 Å². The number of rotatable bonds is 6. The van der Waals surface area contributed by atoms with Gasteiger partial charge in [0.25, 0.3) is 0 Å². The zero-order chi connectivity index (χ0) is 17.5. The van der Waals surface area contributed by atoms with Gasteiger partial charge in [0.1, 0.15) is 0 Å². The molecule has 0 aromatic heterocycles. The minimum Gasteiger partial charge on any atom is -0.457 e. The van der Waals surface area contributed by atoms with Gasteiger partial charge in [-0.1, -0.05) is 6.92 Å². The molecule has 1 aromatic carbocycles. The third-order valence-corrected chi connectivity index (χ3v) is 6.49. The van der Waals surface area contributed by atoms with E-state index in [0.717, 1.165) is 12.0 Å². The number of Topliss-reactive ketones (excluding diaryl/α,β-unsaturated/α-hetero) is 1. The van der Waals surface area contributed by atoms with E-state index in [-0.39, 0.29) is 30.0 Å². The van der Waals surface area contributed by atoms with E-state index in [1.54, 1.807) is 25.1 Å². The van der Waals surface area contributed by atoms with Crippen LogP contribution in [0.5, 0.6) is 0 Å². The van der Waals surface area contributed by atoms with Crippen LogP contribution in [0.1, 0.15) is 36.2 Å². The van der Waals surface area contributed by atoms with E-state index in [9.17, 15) is 18.0 Å². The number of carbonyl (C=O) groups is 2. The van der Waals surface area contributed by atoms with Crippen molar-refractivity contribution < 1.29 is 22.7 Å². The van der Waals surface area contributed by atoms with Gasteiger partial charge in [0, 0.05) is 12.1 Å². The highest BCUT2D eigenvalue weighted by atomic mass is 32.2. The molecule has 3 rings (SSSR count). The number of anilines is 1. The van der Waals surface area contributed by atoms with Crippen molar-refractivity contribution in [1.82, 2.24) is 0 Å². The highest BCUT2D eigenvalue weighted by Crippen LogP contribution is 2.38. The number of nitrogens with zero attached hydrogens (tertiary/aromatic N) is 1. The van der Waals surface area contributed by atoms with Crippen LogP contribution in [0.2, 0.25) is 0 Å². The zero-order valence-corrected chi connectivity index (χ0v) is 14.6. The Bertz CT molecular complexity index is 786. The maximum absolute atomic E-state index is 12.2. The molecule has 1 aliphatic heterocycles. The molecular weight excluding hydrogens is 330 g/mol. The van der Waals surface area contributed by atoms with Crippen molar-refractivity contribution >= 4 is 27.5 Å². The molecule has 0 amide bonds. The molecule has 7 heteroatoms. The Kier molecular flexibility index (Phi) is 4.38. The largest absolute Gasteiger partial charge is 0.457 e. The van der Waals surface area contributed by atoms with E-state index in [4.69, 9.17) is 4.74 Å². The highest BCUT2D eigenvalue weighted by Gasteiger charge is 2.40. The lowest BCUT2D eigenvalue weighted by Gasteiger charge is -2.18. The molecule has 2 aliphatic rings. The van der Waals surface area contributed by atoms with Crippen LogP contribution in [-0.4, -0.2) is 39.1 Å². The summed E-state index contributed by atoms with van der Waals surface area (Å²) in [4.78, 5) is 23.9. The standard InChI is InChI=1S/C17H21NO5S/c1-3-24(21,22)18-7-6-12-9-13(4-5-15(12)18)16(19)10-23-17(20)14-8-11(14)2/h4-5,9,11,14H,3,6-8,10H2,1-2H3/t11-,14-/m1/s1. The minimum absolute atomic E-state index is 0.0443. The smallest absolute Gasteiger partial charge is 0.309 e. The Balaban J connectivity index is 1.68. The summed E-state index contributed by atoms with van der Waals surface area (Å²) in [6, 6.07) is 4.96. The molecule has 1 aromatic rings. The lowest BCUT2D eigenvalue weighted by Crippen LogP contribution is -2.30. The van der Waals surface area contributed by atoms with Crippen molar-refractivity contribution in [2.45, 2.75) is 26.7 Å². The Morgan fingerprint density at radius 1 is 1.33 bits per heavy atom. The topological polar surface area (TPSA) is 80.8 Å². The van der Waals surface area contributed by atoms with Crippen molar-refractivity contribution in [2.24, 2.45) is 11.8 Å². The summed E-state index contributed by atoms with van der Waals surface area (Å²) >= 11 is 0. The number of esters is 1. The average Bonchev–Trinajstić information content (AvgIpc) is 3.14. The van der Waals surface area contributed by atoms with Crippen LogP contribution in [-0.2, 0) is 26.0 Å². The number of hydrogen-bond acceptors (Lipinski definition) is 5. The van der Waals surface area contributed by atoms with Crippen LogP contribution in [0, 0.1) is 11.8 Å². The summed E-state index contributed by atoms with van der Waals surface area (Å²) in [6.07, 6.45) is 1.41. The highest BCUT2D eigenvalue weighted by molar-refractivity contribution is 7.92. The summed E-state index contributed by atoms with van der Waals surface area (Å²) in [5, 5.41) is 0. The van der Waals surface area contributed by atoms with Crippen molar-refractivity contribution in [3.05, 3.63) is 29.3 Å². The molecule has 2 atom stereocenters. The molecule has 0 radical (unpaired) electrons. The first-order valence-corrected chi connectivity index (χ1v) is 9.77. The van der Waals surface area contributed by atoms with E-state index >= 15 is 0 Å². The Morgan fingerprint density at radius 2 is 2.04 bits per heavy atom. The molecule has 1 saturated carbocycles. The van der Waals surface area contributed by atoms with Gasteiger partial charge in [0.15, 0.2) is 12.4 Å². The normalized spacial score (nSPS) is 22.2. The summed E-state index contributed by atoms with van der Waals surface area (Å²) < 4.78 is 30.6. The molecule has 1 fully saturated rings. The maximum atomic E-state index is 12.2. The molecular formula is C17H21NO5S. The summed E-state index contributed by atoms with van der Waals surface area (Å²) in [6.45, 7) is 3.72. The van der Waals surface area contributed by atoms with Gasteiger partial charge in [-0.2, -0.15) is 0 Å². The van der Waals surface area contributed by atoms with Gasteiger partial charge >= 0.3 is 5.97 Å². The van der Waals surface area contributed by atoms with E-state index in [2.05, 4.69) is 0 Å². The minimum atomic E-state index is -3.29. The second-order valence-electron chi connectivity index (χ2n) is 6.42. The van der Waals surface area contributed by atoms with Gasteiger partial charge < -0.3 is 4.74 Å². The molecule has 0 saturated heterocycles. The van der Waals surface area contributed by atoms with Crippen LogP contribution < -0.4 is 4.31 Å². The first-order valence-electron chi connectivity index (χ1n) is 8.16. The third kappa shape index (κ3) is 3.17. The van der Waals surface area contributed by atoms with Crippen LogP contribution in [0.15, 0.2) is 18.2 Å². The number of fused-ring (bicyclic) bond motifs is 1. The first-order chi connectivity index (χ1) is 11.3. The van der Waals surface area contributed by atoms with Crippen LogP contribution >= 0.6 is 0 Å². The fourth-order valence-electron chi connectivity index (χ4n) is 2.97. The molecule has 6 nitrogen and oxygen atoms in total. The second kappa shape index (κ2) is 6.20. The molecule has 1 aliphatic carbocycles. The van der Waals surface area contributed by atoms with Crippen molar-refractivity contribution in [2.75, 3.05) is 23.2 Å². The van der Waals surface area contributed by atoms with Gasteiger partial charge in [-0.05, 0) is 49.4 Å². The fourth-order valence-corrected chi connectivity index (χ4v) is 4.13. The lowest BCUT2D eigenvalue weighted by molar-refractivity contribution is -0.144. The molecule has 130 valence electrons. The van der Waals surface area contributed by atoms with Gasteiger partial charge in [0.2, 0.25) is 10.0 Å². The number of ketones is 1. The van der Waals surface area contributed by atoms with E-state index < -0.39 is 10.0 Å². The Morgan fingerprint density at radius 3 is 2.67 bits per heavy atom. The molecule has 24 heavy (non-hydrogen) atoms. The van der Waals surface area contributed by atoms with Crippen molar-refractivity contribution in [1.29, 1.82) is 0 Å². The van der Waals surface area contributed by atoms with E-state index in [1.807, 2.05) is 6.92 Å². The first kappa shape index (κ1) is 17.0. The average molecular weight is 351 g/mol. The lowest BCUT2D eigenvalue weighted by atomic mass is 10.1. The predicted octanol–water partition coefficient (Wildman–Crippen LogP) is 1.78. The van der Waals surface area contributed by atoms with Gasteiger partial charge in [-0.25, -0.2) is 8.42 Å². The monoisotopic (exact) mass is 351 g/mol. The summed E-state index contributed by atoms with van der Waals surface area (Å²) in [5.41, 5.74) is 1.92. The van der Waals surface area contributed by atoms with Gasteiger partial charge in [-0.3, -0.25) is 13.9 Å². The summed E-state index contributed by atoms with van der Waals surface area (Å²) in [7, 11) is -3.29. The number of carbonyl (C=O) groups excluding carboxylic acids is 2. The zero-order valence-electron chi connectivity index (χ0n) is 13.8. The van der Waals surface area contributed by atoms with E-state index in [0.29, 0.717) is 30.1 Å². The summed E-state index contributed by atoms with van der Waals surface area (Å²) in [5.74, 6) is -0.249. The second-order valence-corrected chi connectivity index (χ2v) is 8.60. The predicted molar refractivity (Wildman–Crippen MR) is 89.5 cm³/mol.